The topological polar surface area (TPSA) is 80.9 Å². The fraction of sp³-hybridized carbons (Fsp3) is 0.154. The minimum atomic E-state index is -0.272. The number of carbonyl (C=O) groups is 1. The van der Waals surface area contributed by atoms with E-state index in [0.29, 0.717) is 18.1 Å². The molecule has 3 N–H and O–H groups in total. The Morgan fingerprint density at radius 2 is 2.17 bits per heavy atom. The molecule has 18 heavy (non-hydrogen) atoms. The number of nitrogens with two attached hydrogens (primary N) is 1. The van der Waals surface area contributed by atoms with Gasteiger partial charge in [0, 0.05) is 18.4 Å². The van der Waals surface area contributed by atoms with Crippen molar-refractivity contribution in [2.75, 3.05) is 5.32 Å². The summed E-state index contributed by atoms with van der Waals surface area (Å²) in [6.45, 7) is 2.27. The van der Waals surface area contributed by atoms with E-state index in [1.54, 1.807) is 24.4 Å². The molecule has 1 amide bonds. The standard InChI is InChI=1S/C13H14N4O/c1-9-3-2-4-11(16-9)13(18)17-12-6-5-10(7-14)8-15-12/h2-6,8H,7,14H2,1H3,(H,15,17,18). The highest BCUT2D eigenvalue weighted by Crippen LogP contribution is 2.07. The van der Waals surface area contributed by atoms with Crippen LogP contribution in [0.25, 0.3) is 0 Å². The summed E-state index contributed by atoms with van der Waals surface area (Å²) < 4.78 is 0. The Hall–Kier alpha value is -2.27. The van der Waals surface area contributed by atoms with Gasteiger partial charge in [0.1, 0.15) is 11.5 Å². The van der Waals surface area contributed by atoms with E-state index < -0.39 is 0 Å². The molecule has 0 saturated heterocycles. The number of anilines is 1. The Bertz CT molecular complexity index is 551. The van der Waals surface area contributed by atoms with E-state index in [4.69, 9.17) is 5.73 Å². The average molecular weight is 242 g/mol. The van der Waals surface area contributed by atoms with E-state index in [1.807, 2.05) is 19.1 Å². The highest BCUT2D eigenvalue weighted by molar-refractivity contribution is 6.02. The lowest BCUT2D eigenvalue weighted by Gasteiger charge is -2.05. The maximum Gasteiger partial charge on any atom is 0.275 e. The van der Waals surface area contributed by atoms with Crippen molar-refractivity contribution in [3.05, 3.63) is 53.5 Å². The molecule has 0 spiro atoms. The predicted molar refractivity (Wildman–Crippen MR) is 69.1 cm³/mol. The number of nitrogens with zero attached hydrogens (tertiary/aromatic N) is 2. The van der Waals surface area contributed by atoms with Crippen LogP contribution in [-0.2, 0) is 6.54 Å². The van der Waals surface area contributed by atoms with Crippen LogP contribution in [0.15, 0.2) is 36.5 Å². The normalized spacial score (nSPS) is 10.1. The van der Waals surface area contributed by atoms with E-state index in [1.165, 1.54) is 0 Å². The van der Waals surface area contributed by atoms with Gasteiger partial charge in [-0.25, -0.2) is 9.97 Å². The summed E-state index contributed by atoms with van der Waals surface area (Å²) in [6, 6.07) is 8.84. The first kappa shape index (κ1) is 12.2. The number of aromatic nitrogens is 2. The molecule has 0 radical (unpaired) electrons. The van der Waals surface area contributed by atoms with Gasteiger partial charge in [-0.1, -0.05) is 12.1 Å². The van der Waals surface area contributed by atoms with Crippen LogP contribution in [0.2, 0.25) is 0 Å². The van der Waals surface area contributed by atoms with Gasteiger partial charge < -0.3 is 11.1 Å². The first-order valence-corrected chi connectivity index (χ1v) is 5.59. The van der Waals surface area contributed by atoms with Gasteiger partial charge in [0.25, 0.3) is 5.91 Å². The minimum Gasteiger partial charge on any atom is -0.326 e. The van der Waals surface area contributed by atoms with E-state index >= 15 is 0 Å². The van der Waals surface area contributed by atoms with E-state index in [-0.39, 0.29) is 5.91 Å². The SMILES string of the molecule is Cc1cccc(C(=O)Nc2ccc(CN)cn2)n1. The molecule has 2 aromatic rings. The van der Waals surface area contributed by atoms with Crippen LogP contribution in [0.5, 0.6) is 0 Å². The van der Waals surface area contributed by atoms with Crippen LogP contribution in [0, 0.1) is 6.92 Å². The summed E-state index contributed by atoms with van der Waals surface area (Å²) in [5, 5.41) is 2.68. The largest absolute Gasteiger partial charge is 0.326 e. The third kappa shape index (κ3) is 2.89. The average Bonchev–Trinajstić information content (AvgIpc) is 2.39. The van der Waals surface area contributed by atoms with Crippen molar-refractivity contribution in [3.8, 4) is 0 Å². The van der Waals surface area contributed by atoms with Crippen LogP contribution in [0.3, 0.4) is 0 Å². The zero-order valence-corrected chi connectivity index (χ0v) is 10.1. The summed E-state index contributed by atoms with van der Waals surface area (Å²) in [5.41, 5.74) is 7.56. The van der Waals surface area contributed by atoms with Gasteiger partial charge in [-0.15, -0.1) is 0 Å². The molecule has 0 unspecified atom stereocenters. The lowest BCUT2D eigenvalue weighted by atomic mass is 10.3. The highest BCUT2D eigenvalue weighted by atomic mass is 16.1. The van der Waals surface area contributed by atoms with E-state index in [0.717, 1.165) is 11.3 Å². The Morgan fingerprint density at radius 3 is 2.78 bits per heavy atom. The van der Waals surface area contributed by atoms with Gasteiger partial charge in [-0.2, -0.15) is 0 Å². The van der Waals surface area contributed by atoms with Crippen molar-refractivity contribution >= 4 is 11.7 Å². The number of nitrogens with one attached hydrogen (secondary N) is 1. The van der Waals surface area contributed by atoms with Crippen LogP contribution >= 0.6 is 0 Å². The smallest absolute Gasteiger partial charge is 0.275 e. The number of rotatable bonds is 3. The number of hydrogen-bond donors (Lipinski definition) is 2. The number of carbonyl (C=O) groups excluding carboxylic acids is 1. The third-order valence-corrected chi connectivity index (χ3v) is 2.42. The Labute approximate surface area is 105 Å². The molecule has 5 heteroatoms. The quantitative estimate of drug-likeness (QED) is 0.854. The molecule has 2 aromatic heterocycles. The van der Waals surface area contributed by atoms with Crippen LogP contribution in [-0.4, -0.2) is 15.9 Å². The highest BCUT2D eigenvalue weighted by Gasteiger charge is 2.07. The van der Waals surface area contributed by atoms with Gasteiger partial charge in [-0.05, 0) is 30.7 Å². The zero-order chi connectivity index (χ0) is 13.0. The summed E-state index contributed by atoms with van der Waals surface area (Å²) in [6.07, 6.45) is 1.64. The van der Waals surface area contributed by atoms with Crippen molar-refractivity contribution in [3.63, 3.8) is 0 Å². The number of hydrogen-bond acceptors (Lipinski definition) is 4. The van der Waals surface area contributed by atoms with Crippen LogP contribution in [0.4, 0.5) is 5.82 Å². The lowest BCUT2D eigenvalue weighted by Crippen LogP contribution is -2.15. The molecule has 92 valence electrons. The molecule has 0 aromatic carbocycles. The number of pyridine rings is 2. The van der Waals surface area contributed by atoms with Crippen LogP contribution in [0.1, 0.15) is 21.7 Å². The molecule has 0 aliphatic heterocycles. The van der Waals surface area contributed by atoms with Crippen molar-refractivity contribution in [2.24, 2.45) is 5.73 Å². The maximum atomic E-state index is 11.9. The molecule has 0 bridgehead atoms. The molecular formula is C13H14N4O. The fourth-order valence-corrected chi connectivity index (χ4v) is 1.47. The Kier molecular flexibility index (Phi) is 3.64. The van der Waals surface area contributed by atoms with Crippen molar-refractivity contribution in [1.82, 2.24) is 9.97 Å². The molecule has 0 aliphatic rings. The maximum absolute atomic E-state index is 11.9. The van der Waals surface area contributed by atoms with Crippen LogP contribution < -0.4 is 11.1 Å². The van der Waals surface area contributed by atoms with Gasteiger partial charge in [0.15, 0.2) is 0 Å². The molecule has 0 atom stereocenters. The van der Waals surface area contributed by atoms with E-state index in [2.05, 4.69) is 15.3 Å². The lowest BCUT2D eigenvalue weighted by molar-refractivity contribution is 0.102. The predicted octanol–water partition coefficient (Wildman–Crippen LogP) is 1.50. The molecule has 2 rings (SSSR count). The second kappa shape index (κ2) is 5.37. The Balaban J connectivity index is 2.11. The summed E-state index contributed by atoms with van der Waals surface area (Å²) >= 11 is 0. The zero-order valence-electron chi connectivity index (χ0n) is 10.1. The second-order valence-electron chi connectivity index (χ2n) is 3.87. The molecule has 0 fully saturated rings. The molecule has 0 aliphatic carbocycles. The number of amides is 1. The first-order chi connectivity index (χ1) is 8.69. The molecule has 5 nitrogen and oxygen atoms in total. The third-order valence-electron chi connectivity index (χ3n) is 2.42. The van der Waals surface area contributed by atoms with Crippen molar-refractivity contribution in [2.45, 2.75) is 13.5 Å². The van der Waals surface area contributed by atoms with Gasteiger partial charge >= 0.3 is 0 Å². The number of aryl methyl sites for hydroxylation is 1. The molecular weight excluding hydrogens is 228 g/mol. The molecule has 2 heterocycles. The van der Waals surface area contributed by atoms with Gasteiger partial charge in [0.05, 0.1) is 0 Å². The van der Waals surface area contributed by atoms with Gasteiger partial charge in [0.2, 0.25) is 0 Å². The fourth-order valence-electron chi connectivity index (χ4n) is 1.47. The summed E-state index contributed by atoms with van der Waals surface area (Å²) in [4.78, 5) is 20.1. The monoisotopic (exact) mass is 242 g/mol. The van der Waals surface area contributed by atoms with Crippen molar-refractivity contribution in [1.29, 1.82) is 0 Å². The van der Waals surface area contributed by atoms with E-state index in [9.17, 15) is 4.79 Å². The Morgan fingerprint density at radius 1 is 1.33 bits per heavy atom. The van der Waals surface area contributed by atoms with Gasteiger partial charge in [-0.3, -0.25) is 4.79 Å². The summed E-state index contributed by atoms with van der Waals surface area (Å²) in [5.74, 6) is 0.215. The second-order valence-corrected chi connectivity index (χ2v) is 3.87. The summed E-state index contributed by atoms with van der Waals surface area (Å²) in [7, 11) is 0. The van der Waals surface area contributed by atoms with Crippen molar-refractivity contribution < 1.29 is 4.79 Å². The minimum absolute atomic E-state index is 0.272. The first-order valence-electron chi connectivity index (χ1n) is 5.59. The molecule has 0 saturated carbocycles.